The van der Waals surface area contributed by atoms with Crippen molar-refractivity contribution in [2.24, 2.45) is 0 Å². The fraction of sp³-hybridized carbons (Fsp3) is 0.381. The molecule has 3 N–H and O–H groups in total. The third kappa shape index (κ3) is 3.16. The molecule has 7 nitrogen and oxygen atoms in total. The molecule has 1 fully saturated rings. The highest BCUT2D eigenvalue weighted by Gasteiger charge is 2.27. The minimum atomic E-state index is -0.463. The van der Waals surface area contributed by atoms with Crippen LogP contribution in [0.15, 0.2) is 48.9 Å². The molecule has 144 valence electrons. The van der Waals surface area contributed by atoms with Gasteiger partial charge in [0.1, 0.15) is 17.5 Å². The van der Waals surface area contributed by atoms with Crippen LogP contribution in [-0.4, -0.2) is 42.5 Å². The van der Waals surface area contributed by atoms with Gasteiger partial charge in [0, 0.05) is 30.1 Å². The summed E-state index contributed by atoms with van der Waals surface area (Å²) in [5.41, 5.74) is 3.99. The molecule has 0 spiro atoms. The molecule has 5 rings (SSSR count). The topological polar surface area (TPSA) is 91.1 Å². The van der Waals surface area contributed by atoms with Crippen molar-refractivity contribution in [3.05, 3.63) is 60.2 Å². The lowest BCUT2D eigenvalue weighted by Gasteiger charge is -2.29. The van der Waals surface area contributed by atoms with Crippen LogP contribution in [0.2, 0.25) is 0 Å². The monoisotopic (exact) mass is 376 g/mol. The van der Waals surface area contributed by atoms with Gasteiger partial charge >= 0.3 is 0 Å². The van der Waals surface area contributed by atoms with Gasteiger partial charge in [-0.1, -0.05) is 35.5 Å². The minimum absolute atomic E-state index is 0.412. The van der Waals surface area contributed by atoms with Crippen molar-refractivity contribution in [2.45, 2.75) is 43.7 Å². The maximum atomic E-state index is 10.4. The van der Waals surface area contributed by atoms with Crippen molar-refractivity contribution in [3.63, 3.8) is 0 Å². The summed E-state index contributed by atoms with van der Waals surface area (Å²) in [6, 6.07) is 12.3. The number of aromatic nitrogens is 5. The van der Waals surface area contributed by atoms with E-state index >= 15 is 0 Å². The van der Waals surface area contributed by atoms with Crippen LogP contribution in [0.3, 0.4) is 0 Å². The molecule has 1 saturated carbocycles. The van der Waals surface area contributed by atoms with Gasteiger partial charge in [0.25, 0.3) is 0 Å². The van der Waals surface area contributed by atoms with Gasteiger partial charge in [-0.3, -0.25) is 0 Å². The Labute approximate surface area is 162 Å². The first-order chi connectivity index (χ1) is 13.8. The van der Waals surface area contributed by atoms with Gasteiger partial charge in [-0.25, -0.2) is 9.50 Å². The van der Waals surface area contributed by atoms with Gasteiger partial charge in [-0.2, -0.15) is 0 Å². The first-order valence-corrected chi connectivity index (χ1v) is 9.93. The fourth-order valence-electron chi connectivity index (χ4n) is 4.34. The van der Waals surface area contributed by atoms with Crippen LogP contribution < -0.4 is 5.32 Å². The Bertz CT molecular complexity index is 1060. The molecule has 0 amide bonds. The van der Waals surface area contributed by atoms with Gasteiger partial charge in [0.15, 0.2) is 0 Å². The number of fused-ring (bicyclic) bond motifs is 3. The Balaban J connectivity index is 1.24. The quantitative estimate of drug-likeness (QED) is 0.498. The van der Waals surface area contributed by atoms with Gasteiger partial charge in [-0.05, 0) is 37.3 Å². The normalized spacial score (nSPS) is 21.3. The van der Waals surface area contributed by atoms with Crippen LogP contribution >= 0.6 is 0 Å². The number of hydrogen-bond donors (Lipinski definition) is 3. The lowest BCUT2D eigenvalue weighted by Crippen LogP contribution is -2.35. The summed E-state index contributed by atoms with van der Waals surface area (Å²) in [5.74, 6) is 0.412. The zero-order valence-electron chi connectivity index (χ0n) is 15.6. The zero-order valence-corrected chi connectivity index (χ0v) is 15.6. The highest BCUT2D eigenvalue weighted by Crippen LogP contribution is 2.35. The highest BCUT2D eigenvalue weighted by atomic mass is 16.3. The van der Waals surface area contributed by atoms with Crippen molar-refractivity contribution in [3.8, 4) is 0 Å². The second-order valence-corrected chi connectivity index (χ2v) is 7.64. The van der Waals surface area contributed by atoms with Gasteiger partial charge in [0.2, 0.25) is 0 Å². The SMILES string of the molecule is O[C@H](CNC1CCC(c2nnn3cnc4[nH]ccc4c23)CC1)c1ccccc1. The third-order valence-electron chi connectivity index (χ3n) is 5.90. The van der Waals surface area contributed by atoms with Gasteiger partial charge in [0.05, 0.1) is 11.8 Å². The molecule has 7 heteroatoms. The number of aromatic amines is 1. The summed E-state index contributed by atoms with van der Waals surface area (Å²) in [5, 5.41) is 23.7. The Morgan fingerprint density at radius 1 is 1.14 bits per heavy atom. The van der Waals surface area contributed by atoms with Crippen molar-refractivity contribution < 1.29 is 5.11 Å². The standard InChI is InChI=1S/C21H24N6O/c28-18(14-4-2-1-3-5-14)12-23-16-8-6-15(7-9-16)19-20-17-10-11-22-21(17)24-13-27(20)26-25-19/h1-5,10-11,13,15-16,18,22-23,28H,6-9,12H2/t15?,16?,18-/m1/s1. The minimum Gasteiger partial charge on any atom is -0.387 e. The summed E-state index contributed by atoms with van der Waals surface area (Å²) >= 11 is 0. The second-order valence-electron chi connectivity index (χ2n) is 7.64. The zero-order chi connectivity index (χ0) is 18.9. The molecular formula is C21H24N6O. The van der Waals surface area contributed by atoms with E-state index in [0.29, 0.717) is 18.5 Å². The maximum absolute atomic E-state index is 10.4. The molecule has 4 aromatic rings. The number of nitrogens with zero attached hydrogens (tertiary/aromatic N) is 4. The van der Waals surface area contributed by atoms with Crippen molar-refractivity contribution in [1.82, 2.24) is 30.1 Å². The molecule has 1 aromatic carbocycles. The molecule has 0 aliphatic heterocycles. The van der Waals surface area contributed by atoms with E-state index in [1.807, 2.05) is 42.6 Å². The van der Waals surface area contributed by atoms with Gasteiger partial charge < -0.3 is 15.4 Å². The second kappa shape index (κ2) is 7.33. The van der Waals surface area contributed by atoms with Crippen LogP contribution in [0.25, 0.3) is 16.6 Å². The van der Waals surface area contributed by atoms with E-state index in [0.717, 1.165) is 53.5 Å². The van der Waals surface area contributed by atoms with Crippen LogP contribution in [0.1, 0.15) is 49.0 Å². The molecule has 0 bridgehead atoms. The number of H-pyrrole nitrogens is 1. The smallest absolute Gasteiger partial charge is 0.141 e. The Kier molecular flexibility index (Phi) is 4.54. The third-order valence-corrected chi connectivity index (χ3v) is 5.90. The Morgan fingerprint density at radius 2 is 1.96 bits per heavy atom. The number of aliphatic hydroxyl groups is 1. The predicted molar refractivity (Wildman–Crippen MR) is 107 cm³/mol. The molecule has 28 heavy (non-hydrogen) atoms. The molecule has 3 aromatic heterocycles. The number of benzene rings is 1. The summed E-state index contributed by atoms with van der Waals surface area (Å²) in [7, 11) is 0. The number of aliphatic hydroxyl groups excluding tert-OH is 1. The highest BCUT2D eigenvalue weighted by molar-refractivity contribution is 5.92. The summed E-state index contributed by atoms with van der Waals surface area (Å²) in [6.45, 7) is 0.587. The summed E-state index contributed by atoms with van der Waals surface area (Å²) in [4.78, 5) is 7.54. The molecule has 1 aliphatic carbocycles. The molecule has 3 heterocycles. The van der Waals surface area contributed by atoms with E-state index in [4.69, 9.17) is 0 Å². The van der Waals surface area contributed by atoms with Crippen molar-refractivity contribution >= 4 is 16.6 Å². The van der Waals surface area contributed by atoms with E-state index in [2.05, 4.69) is 25.6 Å². The molecule has 1 aliphatic rings. The number of nitrogens with one attached hydrogen (secondary N) is 2. The average molecular weight is 376 g/mol. The average Bonchev–Trinajstić information content (AvgIpc) is 3.39. The molecule has 0 radical (unpaired) electrons. The Hall–Kier alpha value is -2.77. The van der Waals surface area contributed by atoms with Crippen LogP contribution in [-0.2, 0) is 0 Å². The fourth-order valence-corrected chi connectivity index (χ4v) is 4.34. The largest absolute Gasteiger partial charge is 0.387 e. The van der Waals surface area contributed by atoms with E-state index < -0.39 is 6.10 Å². The lowest BCUT2D eigenvalue weighted by atomic mass is 9.83. The van der Waals surface area contributed by atoms with Crippen LogP contribution in [0.5, 0.6) is 0 Å². The van der Waals surface area contributed by atoms with Crippen LogP contribution in [0, 0.1) is 0 Å². The van der Waals surface area contributed by atoms with Crippen LogP contribution in [0.4, 0.5) is 0 Å². The Morgan fingerprint density at radius 3 is 2.79 bits per heavy atom. The van der Waals surface area contributed by atoms with Crippen molar-refractivity contribution in [2.75, 3.05) is 6.54 Å². The number of rotatable bonds is 5. The summed E-state index contributed by atoms with van der Waals surface area (Å²) in [6.07, 6.45) is 7.47. The molecular weight excluding hydrogens is 352 g/mol. The van der Waals surface area contributed by atoms with E-state index in [9.17, 15) is 5.11 Å². The molecule has 1 atom stereocenters. The van der Waals surface area contributed by atoms with E-state index in [1.54, 1.807) is 10.8 Å². The van der Waals surface area contributed by atoms with Crippen molar-refractivity contribution in [1.29, 1.82) is 0 Å². The first kappa shape index (κ1) is 17.3. The molecule has 0 unspecified atom stereocenters. The van der Waals surface area contributed by atoms with Gasteiger partial charge in [-0.15, -0.1) is 5.10 Å². The maximum Gasteiger partial charge on any atom is 0.141 e. The summed E-state index contributed by atoms with van der Waals surface area (Å²) < 4.78 is 1.78. The van der Waals surface area contributed by atoms with E-state index in [1.165, 1.54) is 0 Å². The number of hydrogen-bond acceptors (Lipinski definition) is 5. The van der Waals surface area contributed by atoms with E-state index in [-0.39, 0.29) is 0 Å². The first-order valence-electron chi connectivity index (χ1n) is 9.93. The predicted octanol–water partition coefficient (Wildman–Crippen LogP) is 2.96. The lowest BCUT2D eigenvalue weighted by molar-refractivity contribution is 0.164. The molecule has 0 saturated heterocycles.